The van der Waals surface area contributed by atoms with Crippen LogP contribution in [0.15, 0.2) is 0 Å². The molecule has 0 aliphatic heterocycles. The molecular formula is C11H25NS. The van der Waals surface area contributed by atoms with Crippen molar-refractivity contribution in [1.29, 1.82) is 0 Å². The van der Waals surface area contributed by atoms with Crippen LogP contribution in [0.2, 0.25) is 0 Å². The van der Waals surface area contributed by atoms with E-state index < -0.39 is 0 Å². The fourth-order valence-corrected chi connectivity index (χ4v) is 2.82. The van der Waals surface area contributed by atoms with Crippen LogP contribution in [0.1, 0.15) is 47.5 Å². The van der Waals surface area contributed by atoms with Gasteiger partial charge in [0.2, 0.25) is 0 Å². The molecule has 0 aromatic carbocycles. The lowest BCUT2D eigenvalue weighted by atomic mass is 10.2. The smallest absolute Gasteiger partial charge is 0.00491 e. The van der Waals surface area contributed by atoms with Crippen LogP contribution in [-0.4, -0.2) is 23.1 Å². The summed E-state index contributed by atoms with van der Waals surface area (Å²) in [5.74, 6) is 0. The molecule has 2 atom stereocenters. The van der Waals surface area contributed by atoms with Gasteiger partial charge in [0.15, 0.2) is 0 Å². The summed E-state index contributed by atoms with van der Waals surface area (Å²) in [4.78, 5) is 0. The van der Waals surface area contributed by atoms with Crippen LogP contribution in [-0.2, 0) is 0 Å². The Bertz CT molecular complexity index is 115. The van der Waals surface area contributed by atoms with Crippen molar-refractivity contribution < 1.29 is 0 Å². The summed E-state index contributed by atoms with van der Waals surface area (Å²) in [5, 5.41) is 5.06. The zero-order valence-electron chi connectivity index (χ0n) is 9.76. The highest BCUT2D eigenvalue weighted by atomic mass is 32.2. The molecule has 2 heteroatoms. The molecule has 0 fully saturated rings. The van der Waals surface area contributed by atoms with Gasteiger partial charge in [-0.15, -0.1) is 0 Å². The van der Waals surface area contributed by atoms with Gasteiger partial charge in [-0.3, -0.25) is 0 Å². The van der Waals surface area contributed by atoms with Gasteiger partial charge in [-0.25, -0.2) is 0 Å². The molecule has 0 aromatic heterocycles. The Balaban J connectivity index is 3.46. The summed E-state index contributed by atoms with van der Waals surface area (Å²) < 4.78 is 0. The lowest BCUT2D eigenvalue weighted by Crippen LogP contribution is -2.29. The zero-order chi connectivity index (χ0) is 10.3. The molecule has 0 aliphatic rings. The Labute approximate surface area is 88.1 Å². The Morgan fingerprint density at radius 1 is 1.15 bits per heavy atom. The maximum absolute atomic E-state index is 3.52. The van der Waals surface area contributed by atoms with Gasteiger partial charge in [0.25, 0.3) is 0 Å². The molecule has 1 nitrogen and oxygen atoms in total. The van der Waals surface area contributed by atoms with E-state index in [0.29, 0.717) is 6.04 Å². The summed E-state index contributed by atoms with van der Waals surface area (Å²) >= 11 is 2.08. The van der Waals surface area contributed by atoms with Gasteiger partial charge in [0.1, 0.15) is 0 Å². The molecule has 0 spiro atoms. The van der Waals surface area contributed by atoms with Gasteiger partial charge in [-0.2, -0.15) is 11.8 Å². The third kappa shape index (κ3) is 8.63. The van der Waals surface area contributed by atoms with Gasteiger partial charge < -0.3 is 5.32 Å². The summed E-state index contributed by atoms with van der Waals surface area (Å²) in [6.07, 6.45) is 2.51. The van der Waals surface area contributed by atoms with Crippen LogP contribution < -0.4 is 5.32 Å². The molecule has 0 saturated heterocycles. The predicted octanol–water partition coefficient (Wildman–Crippen LogP) is 3.29. The normalized spacial score (nSPS) is 16.2. The fourth-order valence-electron chi connectivity index (χ4n) is 1.49. The summed E-state index contributed by atoms with van der Waals surface area (Å²) in [6, 6.07) is 0.668. The minimum Gasteiger partial charge on any atom is -0.314 e. The lowest BCUT2D eigenvalue weighted by Gasteiger charge is -2.19. The van der Waals surface area contributed by atoms with Crippen molar-refractivity contribution in [2.75, 3.05) is 6.54 Å². The van der Waals surface area contributed by atoms with Crippen LogP contribution in [0.4, 0.5) is 0 Å². The quantitative estimate of drug-likeness (QED) is 0.681. The highest BCUT2D eigenvalue weighted by Gasteiger charge is 2.09. The summed E-state index contributed by atoms with van der Waals surface area (Å²) in [6.45, 7) is 12.5. The first-order chi connectivity index (χ1) is 6.06. The fraction of sp³-hybridized carbons (Fsp3) is 1.00. The van der Waals surface area contributed by atoms with E-state index in [1.165, 1.54) is 12.8 Å². The lowest BCUT2D eigenvalue weighted by molar-refractivity contribution is 0.513. The monoisotopic (exact) mass is 203 g/mol. The topological polar surface area (TPSA) is 12.0 Å². The molecule has 0 heterocycles. The number of hydrogen-bond donors (Lipinski definition) is 1. The van der Waals surface area contributed by atoms with E-state index in [1.807, 2.05) is 0 Å². The average molecular weight is 203 g/mol. The third-order valence-electron chi connectivity index (χ3n) is 1.93. The van der Waals surface area contributed by atoms with Gasteiger partial charge in [-0.05, 0) is 31.6 Å². The van der Waals surface area contributed by atoms with E-state index in [4.69, 9.17) is 0 Å². The molecule has 1 N–H and O–H groups in total. The Hall–Kier alpha value is 0.310. The van der Waals surface area contributed by atoms with E-state index in [2.05, 4.69) is 51.7 Å². The van der Waals surface area contributed by atoms with Gasteiger partial charge >= 0.3 is 0 Å². The number of rotatable bonds is 7. The Morgan fingerprint density at radius 2 is 1.77 bits per heavy atom. The molecule has 0 saturated carbocycles. The van der Waals surface area contributed by atoms with Gasteiger partial charge in [0.05, 0.1) is 0 Å². The minimum atomic E-state index is 0.668. The van der Waals surface area contributed by atoms with Crippen molar-refractivity contribution in [1.82, 2.24) is 5.32 Å². The van der Waals surface area contributed by atoms with Crippen molar-refractivity contribution in [2.45, 2.75) is 64.0 Å². The van der Waals surface area contributed by atoms with Crippen molar-refractivity contribution in [3.8, 4) is 0 Å². The van der Waals surface area contributed by atoms with Crippen molar-refractivity contribution in [3.05, 3.63) is 0 Å². The number of thioether (sulfide) groups is 1. The van der Waals surface area contributed by atoms with Crippen molar-refractivity contribution in [2.24, 2.45) is 0 Å². The molecule has 13 heavy (non-hydrogen) atoms. The van der Waals surface area contributed by atoms with Crippen LogP contribution in [0.3, 0.4) is 0 Å². The first-order valence-corrected chi connectivity index (χ1v) is 6.39. The minimum absolute atomic E-state index is 0.668. The number of nitrogens with one attached hydrogen (secondary N) is 1. The second-order valence-electron chi connectivity index (χ2n) is 4.09. The van der Waals surface area contributed by atoms with Crippen molar-refractivity contribution in [3.63, 3.8) is 0 Å². The highest BCUT2D eigenvalue weighted by molar-refractivity contribution is 8.00. The highest BCUT2D eigenvalue weighted by Crippen LogP contribution is 2.20. The second-order valence-corrected chi connectivity index (χ2v) is 6.11. The molecule has 0 aliphatic carbocycles. The first-order valence-electron chi connectivity index (χ1n) is 5.45. The molecule has 0 bridgehead atoms. The molecule has 0 rings (SSSR count). The summed E-state index contributed by atoms with van der Waals surface area (Å²) in [5.41, 5.74) is 0. The van der Waals surface area contributed by atoms with Crippen LogP contribution in [0.25, 0.3) is 0 Å². The van der Waals surface area contributed by atoms with E-state index in [0.717, 1.165) is 17.0 Å². The molecule has 0 radical (unpaired) electrons. The second kappa shape index (κ2) is 7.69. The van der Waals surface area contributed by atoms with E-state index >= 15 is 0 Å². The van der Waals surface area contributed by atoms with Crippen LogP contribution in [0, 0.1) is 0 Å². The molecule has 0 aromatic rings. The number of hydrogen-bond acceptors (Lipinski definition) is 2. The first kappa shape index (κ1) is 13.3. The average Bonchev–Trinajstić information content (AvgIpc) is 1.98. The van der Waals surface area contributed by atoms with Crippen LogP contribution in [0.5, 0.6) is 0 Å². The largest absolute Gasteiger partial charge is 0.314 e. The Morgan fingerprint density at radius 3 is 2.23 bits per heavy atom. The Kier molecular flexibility index (Phi) is 7.87. The molecular weight excluding hydrogens is 178 g/mol. The molecule has 80 valence electrons. The van der Waals surface area contributed by atoms with Crippen molar-refractivity contribution >= 4 is 11.8 Å². The van der Waals surface area contributed by atoms with E-state index in [-0.39, 0.29) is 0 Å². The van der Waals surface area contributed by atoms with Gasteiger partial charge in [-0.1, -0.05) is 27.7 Å². The van der Waals surface area contributed by atoms with Crippen LogP contribution >= 0.6 is 11.8 Å². The zero-order valence-corrected chi connectivity index (χ0v) is 10.6. The summed E-state index contributed by atoms with van der Waals surface area (Å²) in [7, 11) is 0. The standard InChI is InChI=1S/C11H25NS/c1-6-7-12-10(4)8-11(5)13-9(2)3/h9-12H,6-8H2,1-5H3. The predicted molar refractivity (Wildman–Crippen MR) is 64.6 cm³/mol. The van der Waals surface area contributed by atoms with E-state index in [1.54, 1.807) is 0 Å². The van der Waals surface area contributed by atoms with E-state index in [9.17, 15) is 0 Å². The molecule has 0 amide bonds. The van der Waals surface area contributed by atoms with Gasteiger partial charge in [0, 0.05) is 11.3 Å². The maximum Gasteiger partial charge on any atom is 0.00491 e. The maximum atomic E-state index is 3.52. The SMILES string of the molecule is CCCNC(C)CC(C)SC(C)C. The third-order valence-corrected chi connectivity index (χ3v) is 3.13. The molecule has 2 unspecified atom stereocenters.